The molecule has 1 unspecified atom stereocenters. The highest BCUT2D eigenvalue weighted by Crippen LogP contribution is 2.78. The Hall–Kier alpha value is -0.970. The van der Waals surface area contributed by atoms with E-state index < -0.39 is 5.60 Å². The van der Waals surface area contributed by atoms with Crippen molar-refractivity contribution in [1.29, 1.82) is 0 Å². The van der Waals surface area contributed by atoms with Crippen molar-refractivity contribution in [3.05, 3.63) is 23.8 Å². The molecule has 0 aromatic rings. The predicted molar refractivity (Wildman–Crippen MR) is 148 cm³/mol. The van der Waals surface area contributed by atoms with Gasteiger partial charge in [0.2, 0.25) is 0 Å². The third-order valence-corrected chi connectivity index (χ3v) is 13.1. The zero-order valence-electron chi connectivity index (χ0n) is 23.9. The summed E-state index contributed by atoms with van der Waals surface area (Å²) < 4.78 is 0. The molecular formula is C33H51NO3. The number of ketones is 1. The number of nitrogens with zero attached hydrogens (tertiary/aromatic N) is 1. The second-order valence-corrected chi connectivity index (χ2v) is 14.7. The van der Waals surface area contributed by atoms with Crippen molar-refractivity contribution in [3.8, 4) is 0 Å². The van der Waals surface area contributed by atoms with E-state index in [-0.39, 0.29) is 39.6 Å². The summed E-state index contributed by atoms with van der Waals surface area (Å²) in [5.41, 5.74) is -0.235. The molecule has 37 heavy (non-hydrogen) atoms. The monoisotopic (exact) mass is 509 g/mol. The van der Waals surface area contributed by atoms with Gasteiger partial charge in [0.1, 0.15) is 0 Å². The summed E-state index contributed by atoms with van der Waals surface area (Å²) in [6, 6.07) is 0. The highest BCUT2D eigenvalue weighted by molar-refractivity contribution is 6.00. The number of likely N-dealkylation sites (N-methyl/N-ethyl adjacent to an activating group) is 1. The third kappa shape index (κ3) is 3.40. The topological polar surface area (TPSA) is 60.8 Å². The normalized spacial score (nSPS) is 48.9. The van der Waals surface area contributed by atoms with Crippen LogP contribution in [0.2, 0.25) is 0 Å². The molecule has 0 aromatic heterocycles. The second kappa shape index (κ2) is 8.77. The van der Waals surface area contributed by atoms with Crippen molar-refractivity contribution in [2.75, 3.05) is 20.1 Å². The summed E-state index contributed by atoms with van der Waals surface area (Å²) >= 11 is 0. The van der Waals surface area contributed by atoms with Gasteiger partial charge in [-0.05, 0) is 95.1 Å². The minimum atomic E-state index is -0.718. The number of aliphatic hydroxyl groups excluding tert-OH is 1. The Kier molecular flexibility index (Phi) is 6.22. The quantitative estimate of drug-likeness (QED) is 0.427. The number of hydrogen-bond acceptors (Lipinski definition) is 4. The van der Waals surface area contributed by atoms with Gasteiger partial charge >= 0.3 is 0 Å². The lowest BCUT2D eigenvalue weighted by atomic mass is 9.32. The molecule has 206 valence electrons. The highest BCUT2D eigenvalue weighted by atomic mass is 16.3. The van der Waals surface area contributed by atoms with Crippen LogP contribution in [-0.2, 0) is 4.79 Å². The first kappa shape index (κ1) is 26.3. The SMILES string of the molecule is CCCN(C)C[C@]1(O)CC[C@H]2[C@]34C=C[C@@]5(C=C3C(=O)C3CCCCC3)CC(O)CC[C@]5(C)[C@H]4CC[C@@]21C. The number of carbonyl (C=O) groups excluding carboxylic acids is 1. The average Bonchev–Trinajstić information content (AvgIpc) is 3.14. The van der Waals surface area contributed by atoms with E-state index >= 15 is 0 Å². The van der Waals surface area contributed by atoms with Crippen molar-refractivity contribution < 1.29 is 15.0 Å². The van der Waals surface area contributed by atoms with Crippen LogP contribution in [0.4, 0.5) is 0 Å². The van der Waals surface area contributed by atoms with E-state index in [1.807, 2.05) is 0 Å². The summed E-state index contributed by atoms with van der Waals surface area (Å²) in [5.74, 6) is 1.27. The fraction of sp³-hybridized carbons (Fsp3) is 0.848. The lowest BCUT2D eigenvalue weighted by Crippen LogP contribution is -2.67. The van der Waals surface area contributed by atoms with Crippen LogP contribution in [0.25, 0.3) is 0 Å². The molecule has 4 fully saturated rings. The summed E-state index contributed by atoms with van der Waals surface area (Å²) in [5, 5.41) is 23.2. The number of Topliss-reactive ketones (excluding diaryl/α,β-unsaturated/α-hetero) is 1. The Morgan fingerprint density at radius 1 is 0.973 bits per heavy atom. The van der Waals surface area contributed by atoms with E-state index in [9.17, 15) is 15.0 Å². The Balaban J connectivity index is 1.47. The zero-order valence-corrected chi connectivity index (χ0v) is 23.9. The van der Waals surface area contributed by atoms with Crippen LogP contribution < -0.4 is 0 Å². The molecule has 2 bridgehead atoms. The Bertz CT molecular complexity index is 998. The molecule has 2 spiro atoms. The van der Waals surface area contributed by atoms with E-state index in [2.05, 4.69) is 50.9 Å². The lowest BCUT2D eigenvalue weighted by Gasteiger charge is -2.71. The van der Waals surface area contributed by atoms with Crippen LogP contribution in [0.15, 0.2) is 23.8 Å². The molecule has 0 radical (unpaired) electrons. The van der Waals surface area contributed by atoms with E-state index in [1.54, 1.807) is 0 Å². The van der Waals surface area contributed by atoms with Gasteiger partial charge in [-0.3, -0.25) is 4.79 Å². The maximum absolute atomic E-state index is 14.5. The predicted octanol–water partition coefficient (Wildman–Crippen LogP) is 6.07. The van der Waals surface area contributed by atoms with Crippen molar-refractivity contribution in [2.24, 2.45) is 39.4 Å². The largest absolute Gasteiger partial charge is 0.393 e. The van der Waals surface area contributed by atoms with Crippen molar-refractivity contribution in [2.45, 2.75) is 116 Å². The summed E-state index contributed by atoms with van der Waals surface area (Å²) in [7, 11) is 2.16. The number of fused-ring (bicyclic) bond motifs is 1. The first-order valence-electron chi connectivity index (χ1n) is 15.6. The molecule has 8 atom stereocenters. The van der Waals surface area contributed by atoms with E-state index in [0.29, 0.717) is 11.7 Å². The van der Waals surface area contributed by atoms with Gasteiger partial charge < -0.3 is 15.1 Å². The zero-order chi connectivity index (χ0) is 26.3. The van der Waals surface area contributed by atoms with Crippen molar-refractivity contribution in [3.63, 3.8) is 0 Å². The standard InChI is InChI=1S/C33H51NO3/c1-5-19-34(4)22-32(37)16-13-27-30(32,3)15-12-26-29(2)14-11-24(35)20-31(29)17-18-33(26,27)25(21-31)28(36)23-9-7-6-8-10-23/h17-18,21,23-24,26-27,35,37H,5-16,19-20,22H2,1-4H3/t24?,26-,27-,29-,30+,31+,32-,33-/m1/s1. The van der Waals surface area contributed by atoms with Crippen LogP contribution in [0.1, 0.15) is 104 Å². The van der Waals surface area contributed by atoms with Gasteiger partial charge in [-0.15, -0.1) is 0 Å². The van der Waals surface area contributed by atoms with Crippen molar-refractivity contribution >= 4 is 5.78 Å². The Labute approximate surface area is 225 Å². The van der Waals surface area contributed by atoms with Gasteiger partial charge in [0.05, 0.1) is 11.7 Å². The minimum absolute atomic E-state index is 0.0678. The molecule has 7 aliphatic rings. The Morgan fingerprint density at radius 3 is 2.38 bits per heavy atom. The van der Waals surface area contributed by atoms with Gasteiger partial charge in [-0.2, -0.15) is 0 Å². The van der Waals surface area contributed by atoms with Crippen LogP contribution in [0.5, 0.6) is 0 Å². The molecule has 4 nitrogen and oxygen atoms in total. The lowest BCUT2D eigenvalue weighted by molar-refractivity contribution is -0.179. The summed E-state index contributed by atoms with van der Waals surface area (Å²) in [6.45, 7) is 8.79. The van der Waals surface area contributed by atoms with Gasteiger partial charge in [0, 0.05) is 34.3 Å². The van der Waals surface area contributed by atoms with Crippen LogP contribution >= 0.6 is 0 Å². The van der Waals surface area contributed by atoms with Gasteiger partial charge in [0.15, 0.2) is 5.78 Å². The molecule has 0 saturated heterocycles. The molecule has 7 rings (SSSR count). The summed E-state index contributed by atoms with van der Waals surface area (Å²) in [4.78, 5) is 16.9. The molecule has 4 saturated carbocycles. The first-order valence-corrected chi connectivity index (χ1v) is 15.6. The van der Waals surface area contributed by atoms with Gasteiger partial charge in [-0.25, -0.2) is 0 Å². The number of allylic oxidation sites excluding steroid dienone is 4. The molecule has 2 N–H and O–H groups in total. The molecule has 0 aromatic carbocycles. The van der Waals surface area contributed by atoms with E-state index in [0.717, 1.165) is 82.9 Å². The molecule has 7 aliphatic carbocycles. The van der Waals surface area contributed by atoms with Gasteiger partial charge in [-0.1, -0.05) is 58.3 Å². The molecule has 0 aliphatic heterocycles. The number of aliphatic hydroxyl groups is 2. The van der Waals surface area contributed by atoms with E-state index in [1.165, 1.54) is 19.3 Å². The van der Waals surface area contributed by atoms with Crippen LogP contribution in [0, 0.1) is 39.4 Å². The third-order valence-electron chi connectivity index (χ3n) is 13.1. The maximum atomic E-state index is 14.5. The van der Waals surface area contributed by atoms with Gasteiger partial charge in [0.25, 0.3) is 0 Å². The van der Waals surface area contributed by atoms with E-state index in [4.69, 9.17) is 0 Å². The first-order chi connectivity index (χ1) is 17.6. The smallest absolute Gasteiger partial charge is 0.162 e. The van der Waals surface area contributed by atoms with Crippen LogP contribution in [0.3, 0.4) is 0 Å². The molecule has 0 amide bonds. The number of hydrogen-bond donors (Lipinski definition) is 2. The fourth-order valence-corrected chi connectivity index (χ4v) is 11.1. The minimum Gasteiger partial charge on any atom is -0.393 e. The fourth-order valence-electron chi connectivity index (χ4n) is 11.1. The average molecular weight is 510 g/mol. The summed E-state index contributed by atoms with van der Waals surface area (Å²) in [6.07, 6.45) is 20.4. The number of carbonyl (C=O) groups is 1. The van der Waals surface area contributed by atoms with Crippen molar-refractivity contribution in [1.82, 2.24) is 4.90 Å². The molecular weight excluding hydrogens is 458 g/mol. The maximum Gasteiger partial charge on any atom is 0.162 e. The molecule has 4 heteroatoms. The second-order valence-electron chi connectivity index (χ2n) is 14.7. The molecule has 0 heterocycles. The highest BCUT2D eigenvalue weighted by Gasteiger charge is 2.74. The number of rotatable bonds is 6. The van der Waals surface area contributed by atoms with Crippen LogP contribution in [-0.4, -0.2) is 52.7 Å². The Morgan fingerprint density at radius 2 is 1.65 bits per heavy atom.